The van der Waals surface area contributed by atoms with Crippen LogP contribution < -0.4 is 0 Å². The molecule has 1 amide bonds. The first-order valence-electron chi connectivity index (χ1n) is 9.19. The second kappa shape index (κ2) is 6.49. The minimum atomic E-state index is -1.88. The lowest BCUT2D eigenvalue weighted by molar-refractivity contribution is 0.0207. The van der Waals surface area contributed by atoms with Crippen molar-refractivity contribution in [3.05, 3.63) is 11.6 Å². The first kappa shape index (κ1) is 19.5. The van der Waals surface area contributed by atoms with Crippen LogP contribution in [-0.4, -0.2) is 43.6 Å². The maximum atomic E-state index is 12.7. The Labute approximate surface area is 148 Å². The van der Waals surface area contributed by atoms with Crippen LogP contribution in [0, 0.1) is 0 Å². The summed E-state index contributed by atoms with van der Waals surface area (Å²) in [4.78, 5) is 14.6. The number of carbonyl (C=O) groups excluding carboxylic acids is 1. The molecule has 4 nitrogen and oxygen atoms in total. The van der Waals surface area contributed by atoms with Crippen LogP contribution in [0.2, 0.25) is 18.1 Å². The van der Waals surface area contributed by atoms with Gasteiger partial charge in [0.25, 0.3) is 0 Å². The maximum absolute atomic E-state index is 12.7. The van der Waals surface area contributed by atoms with E-state index in [4.69, 9.17) is 9.16 Å². The molecule has 0 N–H and O–H groups in total. The molecule has 1 aliphatic heterocycles. The van der Waals surface area contributed by atoms with Crippen LogP contribution in [0.15, 0.2) is 11.6 Å². The van der Waals surface area contributed by atoms with Crippen molar-refractivity contribution in [2.45, 2.75) is 96.7 Å². The zero-order valence-electron chi connectivity index (χ0n) is 16.7. The van der Waals surface area contributed by atoms with Crippen LogP contribution in [0.1, 0.15) is 60.8 Å². The van der Waals surface area contributed by atoms with Gasteiger partial charge in [0, 0.05) is 0 Å². The first-order chi connectivity index (χ1) is 10.8. The van der Waals surface area contributed by atoms with Gasteiger partial charge in [0.1, 0.15) is 5.60 Å². The second-order valence-corrected chi connectivity index (χ2v) is 14.4. The largest absolute Gasteiger partial charge is 0.444 e. The van der Waals surface area contributed by atoms with E-state index in [1.807, 2.05) is 25.7 Å². The number of fused-ring (bicyclic) bond motifs is 1. The van der Waals surface area contributed by atoms with Crippen molar-refractivity contribution in [1.82, 2.24) is 4.90 Å². The van der Waals surface area contributed by atoms with E-state index < -0.39 is 13.9 Å². The summed E-state index contributed by atoms with van der Waals surface area (Å²) in [5.74, 6) is 0. The average molecular weight is 354 g/mol. The number of rotatable bonds is 2. The summed E-state index contributed by atoms with van der Waals surface area (Å²) in [6.45, 7) is 17.7. The zero-order valence-corrected chi connectivity index (χ0v) is 17.7. The molecule has 0 bridgehead atoms. The second-order valence-electron chi connectivity index (χ2n) is 9.65. The quantitative estimate of drug-likeness (QED) is 0.512. The lowest BCUT2D eigenvalue weighted by Gasteiger charge is -2.38. The zero-order chi connectivity index (χ0) is 18.3. The van der Waals surface area contributed by atoms with Gasteiger partial charge < -0.3 is 9.16 Å². The minimum absolute atomic E-state index is 0.0312. The topological polar surface area (TPSA) is 38.8 Å². The van der Waals surface area contributed by atoms with Gasteiger partial charge in [0.2, 0.25) is 0 Å². The SMILES string of the molecule is CC(C)(C)OC(=O)N1C[C@H](O[Si](C)(C)C(C)(C)C)C2=CCCC[C@@H]21. The van der Waals surface area contributed by atoms with Gasteiger partial charge in [-0.05, 0) is 63.7 Å². The third kappa shape index (κ3) is 4.23. The van der Waals surface area contributed by atoms with E-state index in [9.17, 15) is 4.79 Å². The van der Waals surface area contributed by atoms with E-state index in [2.05, 4.69) is 39.9 Å². The minimum Gasteiger partial charge on any atom is -0.444 e. The van der Waals surface area contributed by atoms with Gasteiger partial charge in [-0.3, -0.25) is 4.90 Å². The fourth-order valence-electron chi connectivity index (χ4n) is 3.14. The van der Waals surface area contributed by atoms with Crippen molar-refractivity contribution < 1.29 is 14.0 Å². The van der Waals surface area contributed by atoms with Crippen LogP contribution in [0.4, 0.5) is 4.79 Å². The van der Waals surface area contributed by atoms with E-state index >= 15 is 0 Å². The molecule has 0 spiro atoms. The Kier molecular flexibility index (Phi) is 5.27. The Bertz CT molecular complexity index is 514. The van der Waals surface area contributed by atoms with Gasteiger partial charge in [0.05, 0.1) is 18.7 Å². The molecule has 0 unspecified atom stereocenters. The molecular formula is C19H35NO3Si. The average Bonchev–Trinajstić information content (AvgIpc) is 2.74. The van der Waals surface area contributed by atoms with Crippen molar-refractivity contribution in [3.63, 3.8) is 0 Å². The summed E-state index contributed by atoms with van der Waals surface area (Å²) in [6.07, 6.45) is 5.36. The number of carbonyl (C=O) groups is 1. The lowest BCUT2D eigenvalue weighted by Crippen LogP contribution is -2.45. The van der Waals surface area contributed by atoms with Gasteiger partial charge in [0.15, 0.2) is 8.32 Å². The predicted molar refractivity (Wildman–Crippen MR) is 101 cm³/mol. The molecule has 0 aromatic heterocycles. The van der Waals surface area contributed by atoms with Crippen molar-refractivity contribution in [2.24, 2.45) is 0 Å². The van der Waals surface area contributed by atoms with Crippen LogP contribution in [0.5, 0.6) is 0 Å². The predicted octanol–water partition coefficient (Wildman–Crippen LogP) is 5.11. The van der Waals surface area contributed by atoms with Crippen molar-refractivity contribution in [3.8, 4) is 0 Å². The Morgan fingerprint density at radius 3 is 2.38 bits per heavy atom. The molecule has 2 rings (SSSR count). The third-order valence-corrected chi connectivity index (χ3v) is 9.91. The fourth-order valence-corrected chi connectivity index (χ4v) is 4.41. The number of nitrogens with zero attached hydrogens (tertiary/aromatic N) is 1. The molecule has 0 saturated carbocycles. The van der Waals surface area contributed by atoms with Gasteiger partial charge in [-0.25, -0.2) is 4.79 Å². The number of hydrogen-bond acceptors (Lipinski definition) is 3. The standard InChI is InChI=1S/C19H35NO3Si/c1-18(2,3)22-17(21)20-13-16(14-11-9-10-12-15(14)20)23-24(7,8)19(4,5)6/h11,15-16H,9-10,12-13H2,1-8H3/t15-,16-/m0/s1. The van der Waals surface area contributed by atoms with Crippen LogP contribution in [0.25, 0.3) is 0 Å². The summed E-state index contributed by atoms with van der Waals surface area (Å²) in [5, 5.41) is 0.164. The first-order valence-corrected chi connectivity index (χ1v) is 12.1. The van der Waals surface area contributed by atoms with E-state index in [1.165, 1.54) is 5.57 Å². The third-order valence-electron chi connectivity index (χ3n) is 5.43. The van der Waals surface area contributed by atoms with Crippen molar-refractivity contribution >= 4 is 14.4 Å². The smallest absolute Gasteiger partial charge is 0.410 e. The molecule has 0 aromatic rings. The normalized spacial score (nSPS) is 25.3. The van der Waals surface area contributed by atoms with Gasteiger partial charge in [-0.1, -0.05) is 26.8 Å². The summed E-state index contributed by atoms with van der Waals surface area (Å²) in [6, 6.07) is 0.156. The van der Waals surface area contributed by atoms with Gasteiger partial charge >= 0.3 is 6.09 Å². The number of ether oxygens (including phenoxy) is 1. The molecule has 1 aliphatic carbocycles. The molecule has 1 saturated heterocycles. The van der Waals surface area contributed by atoms with Gasteiger partial charge in [-0.15, -0.1) is 0 Å². The highest BCUT2D eigenvalue weighted by Gasteiger charge is 2.47. The van der Waals surface area contributed by atoms with Crippen molar-refractivity contribution in [1.29, 1.82) is 0 Å². The van der Waals surface area contributed by atoms with E-state index in [1.54, 1.807) is 0 Å². The summed E-state index contributed by atoms with van der Waals surface area (Å²) in [5.41, 5.74) is 0.838. The summed E-state index contributed by atoms with van der Waals surface area (Å²) < 4.78 is 12.3. The molecule has 2 atom stereocenters. The molecule has 0 radical (unpaired) electrons. The Hall–Kier alpha value is -0.813. The van der Waals surface area contributed by atoms with Gasteiger partial charge in [-0.2, -0.15) is 0 Å². The summed E-state index contributed by atoms with van der Waals surface area (Å²) in [7, 11) is -1.88. The Morgan fingerprint density at radius 2 is 1.83 bits per heavy atom. The molecular weight excluding hydrogens is 318 g/mol. The fraction of sp³-hybridized carbons (Fsp3) is 0.842. The summed E-state index contributed by atoms with van der Waals surface area (Å²) >= 11 is 0. The Balaban J connectivity index is 2.20. The van der Waals surface area contributed by atoms with E-state index in [0.717, 1.165) is 19.3 Å². The monoisotopic (exact) mass is 353 g/mol. The highest BCUT2D eigenvalue weighted by atomic mass is 28.4. The molecule has 0 aromatic carbocycles. The number of likely N-dealkylation sites (tertiary alicyclic amines) is 1. The van der Waals surface area contributed by atoms with Crippen molar-refractivity contribution in [2.75, 3.05) is 6.54 Å². The molecule has 1 heterocycles. The van der Waals surface area contributed by atoms with E-state index in [-0.39, 0.29) is 23.3 Å². The molecule has 5 heteroatoms. The lowest BCUT2D eigenvalue weighted by atomic mass is 9.94. The number of amides is 1. The van der Waals surface area contributed by atoms with Crippen LogP contribution in [-0.2, 0) is 9.16 Å². The van der Waals surface area contributed by atoms with E-state index in [0.29, 0.717) is 6.54 Å². The van der Waals surface area contributed by atoms with Crippen LogP contribution in [0.3, 0.4) is 0 Å². The highest BCUT2D eigenvalue weighted by Crippen LogP contribution is 2.42. The number of allylic oxidation sites excluding steroid dienone is 1. The van der Waals surface area contributed by atoms with Crippen LogP contribution >= 0.6 is 0 Å². The maximum Gasteiger partial charge on any atom is 0.410 e. The molecule has 1 fully saturated rings. The Morgan fingerprint density at radius 1 is 1.21 bits per heavy atom. The molecule has 2 aliphatic rings. The number of hydrogen-bond donors (Lipinski definition) is 0. The molecule has 138 valence electrons. The highest BCUT2D eigenvalue weighted by molar-refractivity contribution is 6.74. The molecule has 24 heavy (non-hydrogen) atoms.